The van der Waals surface area contributed by atoms with Gasteiger partial charge < -0.3 is 5.11 Å². The third-order valence-electron chi connectivity index (χ3n) is 2.26. The fourth-order valence-corrected chi connectivity index (χ4v) is 3.16. The number of hydrogen-bond donors (Lipinski definition) is 1. The van der Waals surface area contributed by atoms with E-state index in [0.29, 0.717) is 0 Å². The summed E-state index contributed by atoms with van der Waals surface area (Å²) in [6, 6.07) is 13.5. The quantitative estimate of drug-likeness (QED) is 0.877. The van der Waals surface area contributed by atoms with Crippen LogP contribution in [0, 0.1) is 0 Å². The zero-order chi connectivity index (χ0) is 12.3. The van der Waals surface area contributed by atoms with Crippen molar-refractivity contribution in [3.63, 3.8) is 0 Å². The highest BCUT2D eigenvalue weighted by Gasteiger charge is 2.07. The SMILES string of the molecule is OCc1ccc(Br)cc1Sc1ccccc1Cl. The maximum atomic E-state index is 9.30. The first kappa shape index (κ1) is 13.0. The molecule has 2 rings (SSSR count). The standard InChI is InChI=1S/C13H10BrClOS/c14-10-6-5-9(8-16)13(7-10)17-12-4-2-1-3-11(12)15/h1-7,16H,8H2. The zero-order valence-electron chi connectivity index (χ0n) is 8.86. The molecular weight excluding hydrogens is 320 g/mol. The lowest BCUT2D eigenvalue weighted by Crippen LogP contribution is -1.87. The summed E-state index contributed by atoms with van der Waals surface area (Å²) in [6.45, 7) is 0.0278. The summed E-state index contributed by atoms with van der Waals surface area (Å²) < 4.78 is 0.990. The Kier molecular flexibility index (Phi) is 4.51. The fraction of sp³-hybridized carbons (Fsp3) is 0.0769. The minimum Gasteiger partial charge on any atom is -0.392 e. The third kappa shape index (κ3) is 3.26. The van der Waals surface area contributed by atoms with E-state index in [9.17, 15) is 5.11 Å². The topological polar surface area (TPSA) is 20.2 Å². The molecule has 0 saturated heterocycles. The van der Waals surface area contributed by atoms with Crippen molar-refractivity contribution in [1.29, 1.82) is 0 Å². The second-order valence-electron chi connectivity index (χ2n) is 3.44. The van der Waals surface area contributed by atoms with Gasteiger partial charge in [-0.3, -0.25) is 0 Å². The van der Waals surface area contributed by atoms with E-state index in [2.05, 4.69) is 15.9 Å². The van der Waals surface area contributed by atoms with Crippen LogP contribution >= 0.6 is 39.3 Å². The van der Waals surface area contributed by atoms with Crippen molar-refractivity contribution in [2.24, 2.45) is 0 Å². The maximum Gasteiger partial charge on any atom is 0.0692 e. The molecule has 2 aromatic carbocycles. The van der Waals surface area contributed by atoms with Crippen LogP contribution in [0.4, 0.5) is 0 Å². The van der Waals surface area contributed by atoms with Crippen LogP contribution in [0.25, 0.3) is 0 Å². The molecule has 0 unspecified atom stereocenters. The van der Waals surface area contributed by atoms with Gasteiger partial charge in [0.15, 0.2) is 0 Å². The lowest BCUT2D eigenvalue weighted by Gasteiger charge is -2.08. The predicted octanol–water partition coefficient (Wildman–Crippen LogP) is 4.75. The maximum absolute atomic E-state index is 9.30. The van der Waals surface area contributed by atoms with Crippen LogP contribution in [-0.2, 0) is 6.61 Å². The molecule has 0 amide bonds. The number of aliphatic hydroxyl groups is 1. The summed E-state index contributed by atoms with van der Waals surface area (Å²) >= 11 is 11.1. The molecule has 0 aromatic heterocycles. The number of benzene rings is 2. The summed E-state index contributed by atoms with van der Waals surface area (Å²) in [5.41, 5.74) is 0.901. The van der Waals surface area contributed by atoms with E-state index >= 15 is 0 Å². The smallest absolute Gasteiger partial charge is 0.0692 e. The molecule has 0 fully saturated rings. The van der Waals surface area contributed by atoms with Crippen LogP contribution < -0.4 is 0 Å². The summed E-state index contributed by atoms with van der Waals surface area (Å²) in [5, 5.41) is 10.0. The number of rotatable bonds is 3. The Morgan fingerprint density at radius 2 is 1.88 bits per heavy atom. The van der Waals surface area contributed by atoms with E-state index in [4.69, 9.17) is 11.6 Å². The lowest BCUT2D eigenvalue weighted by molar-refractivity contribution is 0.279. The van der Waals surface area contributed by atoms with Gasteiger partial charge in [0, 0.05) is 14.3 Å². The summed E-state index contributed by atoms with van der Waals surface area (Å²) in [7, 11) is 0. The van der Waals surface area contributed by atoms with Crippen LogP contribution in [0.5, 0.6) is 0 Å². The molecule has 0 atom stereocenters. The lowest BCUT2D eigenvalue weighted by atomic mass is 10.2. The first-order chi connectivity index (χ1) is 8.20. The Balaban J connectivity index is 2.35. The van der Waals surface area contributed by atoms with Crippen molar-refractivity contribution < 1.29 is 5.11 Å². The van der Waals surface area contributed by atoms with Crippen molar-refractivity contribution >= 4 is 39.3 Å². The van der Waals surface area contributed by atoms with Gasteiger partial charge in [-0.25, -0.2) is 0 Å². The molecule has 1 nitrogen and oxygen atoms in total. The summed E-state index contributed by atoms with van der Waals surface area (Å²) in [4.78, 5) is 2.00. The van der Waals surface area contributed by atoms with Crippen molar-refractivity contribution in [2.75, 3.05) is 0 Å². The van der Waals surface area contributed by atoms with Gasteiger partial charge in [0.25, 0.3) is 0 Å². The molecule has 17 heavy (non-hydrogen) atoms. The third-order valence-corrected chi connectivity index (χ3v) is 4.37. The highest BCUT2D eigenvalue weighted by atomic mass is 79.9. The number of halogens is 2. The molecule has 0 aliphatic heterocycles. The zero-order valence-corrected chi connectivity index (χ0v) is 12.0. The summed E-state index contributed by atoms with van der Waals surface area (Å²) in [5.74, 6) is 0. The van der Waals surface area contributed by atoms with Gasteiger partial charge in [-0.05, 0) is 29.8 Å². The Morgan fingerprint density at radius 3 is 2.59 bits per heavy atom. The van der Waals surface area contributed by atoms with E-state index in [0.717, 1.165) is 24.8 Å². The first-order valence-electron chi connectivity index (χ1n) is 5.02. The van der Waals surface area contributed by atoms with Gasteiger partial charge in [-0.15, -0.1) is 0 Å². The molecule has 0 radical (unpaired) electrons. The molecule has 4 heteroatoms. The van der Waals surface area contributed by atoms with Crippen LogP contribution in [-0.4, -0.2) is 5.11 Å². The molecule has 2 aromatic rings. The van der Waals surface area contributed by atoms with Gasteiger partial charge in [-0.1, -0.05) is 57.5 Å². The van der Waals surface area contributed by atoms with Gasteiger partial charge in [-0.2, -0.15) is 0 Å². The predicted molar refractivity (Wildman–Crippen MR) is 75.6 cm³/mol. The minimum absolute atomic E-state index is 0.0278. The van der Waals surface area contributed by atoms with Gasteiger partial charge in [0.2, 0.25) is 0 Å². The van der Waals surface area contributed by atoms with E-state index in [1.807, 2.05) is 42.5 Å². The number of hydrogen-bond acceptors (Lipinski definition) is 2. The second-order valence-corrected chi connectivity index (χ2v) is 5.85. The molecule has 0 saturated carbocycles. The van der Waals surface area contributed by atoms with Crippen molar-refractivity contribution in [1.82, 2.24) is 0 Å². The molecular formula is C13H10BrClOS. The molecule has 0 spiro atoms. The Bertz CT molecular complexity index is 531. The van der Waals surface area contributed by atoms with Crippen molar-refractivity contribution in [2.45, 2.75) is 16.4 Å². The molecule has 1 N–H and O–H groups in total. The average Bonchev–Trinajstić information content (AvgIpc) is 2.32. The molecule has 0 aliphatic carbocycles. The van der Waals surface area contributed by atoms with Crippen molar-refractivity contribution in [3.05, 3.63) is 57.5 Å². The average molecular weight is 330 g/mol. The van der Waals surface area contributed by atoms with Gasteiger partial charge in [0.05, 0.1) is 11.6 Å². The minimum atomic E-state index is 0.0278. The highest BCUT2D eigenvalue weighted by molar-refractivity contribution is 9.10. The first-order valence-corrected chi connectivity index (χ1v) is 7.01. The van der Waals surface area contributed by atoms with E-state index in [1.165, 1.54) is 0 Å². The number of aliphatic hydroxyl groups excluding tert-OH is 1. The molecule has 0 bridgehead atoms. The molecule has 0 aliphatic rings. The Labute approximate surface area is 118 Å². The highest BCUT2D eigenvalue weighted by Crippen LogP contribution is 2.36. The van der Waals surface area contributed by atoms with Gasteiger partial charge in [0.1, 0.15) is 0 Å². The van der Waals surface area contributed by atoms with E-state index in [1.54, 1.807) is 11.8 Å². The molecule has 88 valence electrons. The van der Waals surface area contributed by atoms with E-state index in [-0.39, 0.29) is 6.61 Å². The second kappa shape index (κ2) is 5.91. The monoisotopic (exact) mass is 328 g/mol. The molecule has 0 heterocycles. The van der Waals surface area contributed by atoms with Crippen LogP contribution in [0.1, 0.15) is 5.56 Å². The van der Waals surface area contributed by atoms with Crippen LogP contribution in [0.2, 0.25) is 5.02 Å². The largest absolute Gasteiger partial charge is 0.392 e. The fourth-order valence-electron chi connectivity index (χ4n) is 1.40. The Hall–Kier alpha value is -0.480. The summed E-state index contributed by atoms with van der Waals surface area (Å²) in [6.07, 6.45) is 0. The normalized spacial score (nSPS) is 10.5. The van der Waals surface area contributed by atoms with Gasteiger partial charge >= 0.3 is 0 Å². The van der Waals surface area contributed by atoms with E-state index < -0.39 is 0 Å². The Morgan fingerprint density at radius 1 is 1.12 bits per heavy atom. The van der Waals surface area contributed by atoms with Crippen LogP contribution in [0.3, 0.4) is 0 Å². The van der Waals surface area contributed by atoms with Crippen LogP contribution in [0.15, 0.2) is 56.7 Å². The van der Waals surface area contributed by atoms with Crippen molar-refractivity contribution in [3.8, 4) is 0 Å².